The molecule has 27 heavy (non-hydrogen) atoms. The van der Waals surface area contributed by atoms with Crippen molar-refractivity contribution in [1.82, 2.24) is 5.32 Å². The lowest BCUT2D eigenvalue weighted by Gasteiger charge is -2.08. The SMILES string of the molecule is COC(=O)c1ccc(OCC(=O)NCCSCc2cccs2)c([N+](=O)[O-])c1. The van der Waals surface area contributed by atoms with E-state index >= 15 is 0 Å². The summed E-state index contributed by atoms with van der Waals surface area (Å²) >= 11 is 3.39. The summed E-state index contributed by atoms with van der Waals surface area (Å²) < 4.78 is 9.76. The summed E-state index contributed by atoms with van der Waals surface area (Å²) in [6.07, 6.45) is 0. The molecule has 0 fully saturated rings. The predicted molar refractivity (Wildman–Crippen MR) is 103 cm³/mol. The third-order valence-corrected chi connectivity index (χ3v) is 5.40. The van der Waals surface area contributed by atoms with E-state index in [2.05, 4.69) is 16.1 Å². The summed E-state index contributed by atoms with van der Waals surface area (Å²) in [6.45, 7) is 0.121. The lowest BCUT2D eigenvalue weighted by Crippen LogP contribution is -2.30. The van der Waals surface area contributed by atoms with E-state index in [9.17, 15) is 19.7 Å². The number of amides is 1. The first kappa shape index (κ1) is 20.7. The number of nitrogens with one attached hydrogen (secondary N) is 1. The van der Waals surface area contributed by atoms with Crippen molar-refractivity contribution in [2.45, 2.75) is 5.75 Å². The number of nitro groups is 1. The van der Waals surface area contributed by atoms with Gasteiger partial charge in [0.1, 0.15) is 0 Å². The van der Waals surface area contributed by atoms with Gasteiger partial charge in [-0.1, -0.05) is 6.07 Å². The fourth-order valence-electron chi connectivity index (χ4n) is 2.05. The third kappa shape index (κ3) is 6.57. The number of rotatable bonds is 10. The van der Waals surface area contributed by atoms with Crippen LogP contribution in [-0.4, -0.2) is 42.8 Å². The van der Waals surface area contributed by atoms with Gasteiger partial charge in [-0.05, 0) is 23.6 Å². The number of nitro benzene ring substituents is 1. The van der Waals surface area contributed by atoms with Gasteiger partial charge < -0.3 is 14.8 Å². The van der Waals surface area contributed by atoms with E-state index < -0.39 is 16.6 Å². The van der Waals surface area contributed by atoms with Gasteiger partial charge >= 0.3 is 11.7 Å². The van der Waals surface area contributed by atoms with Crippen LogP contribution < -0.4 is 10.1 Å². The quantitative estimate of drug-likeness (QED) is 0.278. The zero-order chi connectivity index (χ0) is 19.6. The maximum Gasteiger partial charge on any atom is 0.338 e. The van der Waals surface area contributed by atoms with Gasteiger partial charge in [-0.25, -0.2) is 4.79 Å². The van der Waals surface area contributed by atoms with E-state index in [0.717, 1.165) is 17.6 Å². The van der Waals surface area contributed by atoms with E-state index in [1.165, 1.54) is 24.1 Å². The molecule has 0 unspecified atom stereocenters. The second kappa shape index (κ2) is 10.5. The molecule has 0 aliphatic heterocycles. The molecule has 1 amide bonds. The normalized spacial score (nSPS) is 10.3. The van der Waals surface area contributed by atoms with Crippen LogP contribution in [0.25, 0.3) is 0 Å². The molecule has 0 saturated heterocycles. The Hall–Kier alpha value is -2.59. The van der Waals surface area contributed by atoms with Gasteiger partial charge in [0.15, 0.2) is 12.4 Å². The highest BCUT2D eigenvalue weighted by molar-refractivity contribution is 7.98. The minimum absolute atomic E-state index is 0.0313. The van der Waals surface area contributed by atoms with Crippen molar-refractivity contribution >= 4 is 40.7 Å². The largest absolute Gasteiger partial charge is 0.477 e. The van der Waals surface area contributed by atoms with Crippen molar-refractivity contribution < 1.29 is 24.0 Å². The maximum absolute atomic E-state index is 11.8. The minimum Gasteiger partial charge on any atom is -0.477 e. The van der Waals surface area contributed by atoms with Gasteiger partial charge in [-0.3, -0.25) is 14.9 Å². The van der Waals surface area contributed by atoms with E-state index in [-0.39, 0.29) is 23.8 Å². The van der Waals surface area contributed by atoms with Crippen molar-refractivity contribution in [3.05, 3.63) is 56.3 Å². The minimum atomic E-state index is -0.692. The molecular weight excluding hydrogens is 392 g/mol. The van der Waals surface area contributed by atoms with Crippen LogP contribution in [0.15, 0.2) is 35.7 Å². The number of hydrogen-bond acceptors (Lipinski definition) is 8. The summed E-state index contributed by atoms with van der Waals surface area (Å²) in [6, 6.07) is 7.72. The van der Waals surface area contributed by atoms with Crippen LogP contribution >= 0.6 is 23.1 Å². The summed E-state index contributed by atoms with van der Waals surface area (Å²) in [5.41, 5.74) is -0.374. The van der Waals surface area contributed by atoms with Crippen molar-refractivity contribution in [3.8, 4) is 5.75 Å². The summed E-state index contributed by atoms with van der Waals surface area (Å²) in [4.78, 5) is 35.0. The molecule has 1 aromatic heterocycles. The number of nitrogens with zero attached hydrogens (tertiary/aromatic N) is 1. The van der Waals surface area contributed by atoms with Gasteiger partial charge in [-0.15, -0.1) is 11.3 Å². The van der Waals surface area contributed by atoms with Crippen LogP contribution in [0.1, 0.15) is 15.2 Å². The Labute approximate surface area is 164 Å². The Morgan fingerprint density at radius 2 is 2.15 bits per heavy atom. The molecule has 0 bridgehead atoms. The molecule has 0 spiro atoms. The topological polar surface area (TPSA) is 108 Å². The number of carbonyl (C=O) groups is 2. The number of ether oxygens (including phenoxy) is 2. The molecule has 0 radical (unpaired) electrons. The number of carbonyl (C=O) groups excluding carboxylic acids is 2. The highest BCUT2D eigenvalue weighted by atomic mass is 32.2. The Bertz CT molecular complexity index is 795. The van der Waals surface area contributed by atoms with Crippen LogP contribution in [0.3, 0.4) is 0 Å². The number of thiophene rings is 1. The fraction of sp³-hybridized carbons (Fsp3) is 0.294. The Morgan fingerprint density at radius 3 is 2.81 bits per heavy atom. The molecule has 10 heteroatoms. The van der Waals surface area contributed by atoms with Crippen molar-refractivity contribution in [1.29, 1.82) is 0 Å². The smallest absolute Gasteiger partial charge is 0.338 e. The standard InChI is InChI=1S/C17H18N2O6S2/c1-24-17(21)12-4-5-15(14(9-12)19(22)23)25-10-16(20)18-6-8-26-11-13-3-2-7-27-13/h2-5,7,9H,6,8,10-11H2,1H3,(H,18,20). The Kier molecular flexibility index (Phi) is 8.08. The van der Waals surface area contributed by atoms with Crippen LogP contribution in [0.4, 0.5) is 5.69 Å². The first-order valence-electron chi connectivity index (χ1n) is 7.87. The first-order chi connectivity index (χ1) is 13.0. The summed E-state index contributed by atoms with van der Waals surface area (Å²) in [5, 5.41) is 15.9. The molecule has 0 atom stereocenters. The lowest BCUT2D eigenvalue weighted by atomic mass is 10.2. The van der Waals surface area contributed by atoms with E-state index in [1.807, 2.05) is 11.4 Å². The molecule has 144 valence electrons. The molecular formula is C17H18N2O6S2. The molecule has 0 aliphatic carbocycles. The summed E-state index contributed by atoms with van der Waals surface area (Å²) in [7, 11) is 1.18. The maximum atomic E-state index is 11.8. The molecule has 1 N–H and O–H groups in total. The lowest BCUT2D eigenvalue weighted by molar-refractivity contribution is -0.385. The molecule has 1 heterocycles. The monoisotopic (exact) mass is 410 g/mol. The van der Waals surface area contributed by atoms with Crippen LogP contribution in [0.2, 0.25) is 0 Å². The Morgan fingerprint density at radius 1 is 1.33 bits per heavy atom. The van der Waals surface area contributed by atoms with Gasteiger partial charge in [-0.2, -0.15) is 11.8 Å². The predicted octanol–water partition coefficient (Wildman–Crippen LogP) is 2.87. The third-order valence-electron chi connectivity index (χ3n) is 3.33. The number of methoxy groups -OCH3 is 1. The first-order valence-corrected chi connectivity index (χ1v) is 9.91. The zero-order valence-corrected chi connectivity index (χ0v) is 16.1. The Balaban J connectivity index is 1.78. The van der Waals surface area contributed by atoms with E-state index in [4.69, 9.17) is 4.74 Å². The number of thioether (sulfide) groups is 1. The highest BCUT2D eigenvalue weighted by Crippen LogP contribution is 2.28. The molecule has 2 aromatic rings. The average Bonchev–Trinajstić information content (AvgIpc) is 3.18. The molecule has 0 saturated carbocycles. The summed E-state index contributed by atoms with van der Waals surface area (Å²) in [5.74, 6) is 0.482. The van der Waals surface area contributed by atoms with Crippen molar-refractivity contribution in [2.75, 3.05) is 26.0 Å². The van der Waals surface area contributed by atoms with Crippen molar-refractivity contribution in [2.24, 2.45) is 0 Å². The zero-order valence-electron chi connectivity index (χ0n) is 14.5. The molecule has 2 rings (SSSR count). The molecule has 1 aromatic carbocycles. The number of hydrogen-bond donors (Lipinski definition) is 1. The van der Waals surface area contributed by atoms with Gasteiger partial charge in [0, 0.05) is 29.0 Å². The van der Waals surface area contributed by atoms with Crippen LogP contribution in [0, 0.1) is 10.1 Å². The van der Waals surface area contributed by atoms with Crippen LogP contribution in [0.5, 0.6) is 5.75 Å². The second-order valence-corrected chi connectivity index (χ2v) is 7.34. The highest BCUT2D eigenvalue weighted by Gasteiger charge is 2.19. The second-order valence-electron chi connectivity index (χ2n) is 5.20. The number of benzene rings is 1. The average molecular weight is 410 g/mol. The van der Waals surface area contributed by atoms with Gasteiger partial charge in [0.05, 0.1) is 17.6 Å². The molecule has 0 aliphatic rings. The van der Waals surface area contributed by atoms with E-state index in [1.54, 1.807) is 23.1 Å². The fourth-order valence-corrected chi connectivity index (χ4v) is 3.75. The van der Waals surface area contributed by atoms with Gasteiger partial charge in [0.2, 0.25) is 0 Å². The molecule has 8 nitrogen and oxygen atoms in total. The van der Waals surface area contributed by atoms with Crippen LogP contribution in [-0.2, 0) is 15.3 Å². The van der Waals surface area contributed by atoms with Crippen molar-refractivity contribution in [3.63, 3.8) is 0 Å². The van der Waals surface area contributed by atoms with E-state index in [0.29, 0.717) is 6.54 Å². The van der Waals surface area contributed by atoms with Gasteiger partial charge in [0.25, 0.3) is 5.91 Å². The number of esters is 1.